The van der Waals surface area contributed by atoms with Gasteiger partial charge in [0.25, 0.3) is 5.91 Å². The number of carbonyl (C=O) groups excluding carboxylic acids is 1. The van der Waals surface area contributed by atoms with E-state index in [1.165, 1.54) is 14.2 Å². The zero-order valence-corrected chi connectivity index (χ0v) is 10.4. The average molecular weight is 254 g/mol. The van der Waals surface area contributed by atoms with Gasteiger partial charge in [-0.1, -0.05) is 0 Å². The van der Waals surface area contributed by atoms with Crippen molar-refractivity contribution in [3.05, 3.63) is 23.8 Å². The molecule has 1 unspecified atom stereocenters. The van der Waals surface area contributed by atoms with Crippen LogP contribution in [-0.4, -0.2) is 49.5 Å². The maximum absolute atomic E-state index is 11.6. The molecule has 6 nitrogen and oxygen atoms in total. The van der Waals surface area contributed by atoms with Gasteiger partial charge in [-0.05, 0) is 18.2 Å². The second-order valence-electron chi connectivity index (χ2n) is 3.71. The Labute approximate surface area is 106 Å². The van der Waals surface area contributed by atoms with Gasteiger partial charge in [0.05, 0.1) is 25.4 Å². The minimum Gasteiger partial charge on any atom is -0.496 e. The minimum atomic E-state index is -0.837. The van der Waals surface area contributed by atoms with Gasteiger partial charge >= 0.3 is 0 Å². The number of hydrogen-bond donors (Lipinski definition) is 4. The number of aliphatic hydroxyl groups excluding tert-OH is 2. The van der Waals surface area contributed by atoms with Gasteiger partial charge in [-0.3, -0.25) is 4.79 Å². The van der Waals surface area contributed by atoms with Gasteiger partial charge in [0, 0.05) is 19.3 Å². The number of aliphatic hydroxyl groups is 2. The highest BCUT2D eigenvalue weighted by atomic mass is 16.5. The third-order valence-corrected chi connectivity index (χ3v) is 2.42. The Morgan fingerprint density at radius 1 is 1.50 bits per heavy atom. The number of benzene rings is 1. The Kier molecular flexibility index (Phi) is 5.41. The molecule has 0 aliphatic rings. The number of ether oxygens (including phenoxy) is 1. The molecule has 1 amide bonds. The Hall–Kier alpha value is -1.79. The van der Waals surface area contributed by atoms with Crippen LogP contribution in [0, 0.1) is 0 Å². The summed E-state index contributed by atoms with van der Waals surface area (Å²) in [4.78, 5) is 11.6. The third kappa shape index (κ3) is 3.61. The Morgan fingerprint density at radius 2 is 2.22 bits per heavy atom. The molecule has 4 N–H and O–H groups in total. The van der Waals surface area contributed by atoms with Crippen molar-refractivity contribution in [3.8, 4) is 5.75 Å². The molecule has 1 aromatic carbocycles. The molecule has 18 heavy (non-hydrogen) atoms. The van der Waals surface area contributed by atoms with Crippen molar-refractivity contribution < 1.29 is 19.7 Å². The normalized spacial score (nSPS) is 11.8. The van der Waals surface area contributed by atoms with E-state index in [1.807, 2.05) is 0 Å². The van der Waals surface area contributed by atoms with Gasteiger partial charge in [-0.2, -0.15) is 0 Å². The number of nitrogens with one attached hydrogen (secondary N) is 2. The number of rotatable bonds is 6. The summed E-state index contributed by atoms with van der Waals surface area (Å²) in [7, 11) is 3.03. The lowest BCUT2D eigenvalue weighted by molar-refractivity contribution is 0.0960. The van der Waals surface area contributed by atoms with Crippen LogP contribution in [0.4, 0.5) is 5.69 Å². The highest BCUT2D eigenvalue weighted by Crippen LogP contribution is 2.22. The fourth-order valence-corrected chi connectivity index (χ4v) is 1.43. The quantitative estimate of drug-likeness (QED) is 0.565. The zero-order valence-electron chi connectivity index (χ0n) is 10.4. The molecule has 0 radical (unpaired) electrons. The fraction of sp³-hybridized carbons (Fsp3) is 0.417. The smallest absolute Gasteiger partial charge is 0.254 e. The summed E-state index contributed by atoms with van der Waals surface area (Å²) in [6.07, 6.45) is -0.837. The molecule has 0 fully saturated rings. The molecule has 6 heteroatoms. The van der Waals surface area contributed by atoms with E-state index < -0.39 is 6.10 Å². The summed E-state index contributed by atoms with van der Waals surface area (Å²) in [5.41, 5.74) is 1.07. The van der Waals surface area contributed by atoms with E-state index in [1.54, 1.807) is 18.2 Å². The summed E-state index contributed by atoms with van der Waals surface area (Å²) in [5.74, 6) is 0.223. The molecule has 1 aromatic rings. The van der Waals surface area contributed by atoms with Crippen LogP contribution in [0.2, 0.25) is 0 Å². The van der Waals surface area contributed by atoms with Crippen LogP contribution in [0.5, 0.6) is 5.75 Å². The Balaban J connectivity index is 2.85. The van der Waals surface area contributed by atoms with Crippen molar-refractivity contribution in [2.75, 3.05) is 32.6 Å². The van der Waals surface area contributed by atoms with E-state index in [2.05, 4.69) is 10.6 Å². The maximum atomic E-state index is 11.6. The molecule has 0 saturated heterocycles. The van der Waals surface area contributed by atoms with Crippen molar-refractivity contribution in [1.29, 1.82) is 0 Å². The summed E-state index contributed by atoms with van der Waals surface area (Å²) in [5, 5.41) is 23.4. The molecule has 0 aliphatic carbocycles. The van der Waals surface area contributed by atoms with Crippen molar-refractivity contribution in [2.45, 2.75) is 6.10 Å². The van der Waals surface area contributed by atoms with E-state index in [-0.39, 0.29) is 19.1 Å². The first kappa shape index (κ1) is 14.3. The van der Waals surface area contributed by atoms with Crippen LogP contribution in [0.1, 0.15) is 10.4 Å². The number of methoxy groups -OCH3 is 1. The molecule has 1 rings (SSSR count). The average Bonchev–Trinajstić information content (AvgIpc) is 2.43. The molecule has 0 bridgehead atoms. The first-order valence-corrected chi connectivity index (χ1v) is 5.55. The van der Waals surface area contributed by atoms with Crippen LogP contribution < -0.4 is 15.4 Å². The predicted molar refractivity (Wildman–Crippen MR) is 68.0 cm³/mol. The largest absolute Gasteiger partial charge is 0.496 e. The standard InChI is InChI=1S/C12H18N2O4/c1-13-12(17)10-5-8(3-4-11(10)18-2)14-6-9(16)7-15/h3-5,9,14-16H,6-7H2,1-2H3,(H,13,17). The van der Waals surface area contributed by atoms with E-state index in [9.17, 15) is 9.90 Å². The third-order valence-electron chi connectivity index (χ3n) is 2.42. The van der Waals surface area contributed by atoms with Gasteiger partial charge in [0.2, 0.25) is 0 Å². The van der Waals surface area contributed by atoms with Crippen LogP contribution in [0.3, 0.4) is 0 Å². The second kappa shape index (κ2) is 6.83. The number of hydrogen-bond acceptors (Lipinski definition) is 5. The number of carbonyl (C=O) groups is 1. The van der Waals surface area contributed by atoms with Crippen LogP contribution >= 0.6 is 0 Å². The fourth-order valence-electron chi connectivity index (χ4n) is 1.43. The van der Waals surface area contributed by atoms with Gasteiger partial charge in [0.1, 0.15) is 5.75 Å². The lowest BCUT2D eigenvalue weighted by atomic mass is 10.1. The SMILES string of the molecule is CNC(=O)c1cc(NCC(O)CO)ccc1OC. The molecule has 0 aliphatic heterocycles. The summed E-state index contributed by atoms with van der Waals surface area (Å²) in [6.45, 7) is -0.110. The first-order valence-electron chi connectivity index (χ1n) is 5.55. The van der Waals surface area contributed by atoms with Gasteiger partial charge in [-0.25, -0.2) is 0 Å². The van der Waals surface area contributed by atoms with Crippen molar-refractivity contribution in [3.63, 3.8) is 0 Å². The van der Waals surface area contributed by atoms with E-state index in [4.69, 9.17) is 9.84 Å². The van der Waals surface area contributed by atoms with Crippen LogP contribution in [0.25, 0.3) is 0 Å². The molecule has 0 saturated carbocycles. The molecule has 0 spiro atoms. The van der Waals surface area contributed by atoms with Crippen LogP contribution in [0.15, 0.2) is 18.2 Å². The van der Waals surface area contributed by atoms with E-state index in [0.717, 1.165) is 0 Å². The predicted octanol–water partition coefficient (Wildman–Crippen LogP) is -0.180. The highest BCUT2D eigenvalue weighted by molar-refractivity contribution is 5.97. The highest BCUT2D eigenvalue weighted by Gasteiger charge is 2.11. The van der Waals surface area contributed by atoms with Gasteiger partial charge in [0.15, 0.2) is 0 Å². The molecule has 0 heterocycles. The summed E-state index contributed by atoms with van der Waals surface area (Å²) in [6, 6.07) is 5.02. The van der Waals surface area contributed by atoms with E-state index in [0.29, 0.717) is 17.0 Å². The van der Waals surface area contributed by atoms with Gasteiger partial charge < -0.3 is 25.6 Å². The lowest BCUT2D eigenvalue weighted by Crippen LogP contribution is -2.23. The minimum absolute atomic E-state index is 0.204. The first-order chi connectivity index (χ1) is 8.62. The Morgan fingerprint density at radius 3 is 2.78 bits per heavy atom. The maximum Gasteiger partial charge on any atom is 0.254 e. The molecular weight excluding hydrogens is 236 g/mol. The Bertz CT molecular complexity index is 409. The molecule has 100 valence electrons. The molecular formula is C12H18N2O4. The van der Waals surface area contributed by atoms with Crippen molar-refractivity contribution >= 4 is 11.6 Å². The monoisotopic (exact) mass is 254 g/mol. The second-order valence-corrected chi connectivity index (χ2v) is 3.71. The number of anilines is 1. The zero-order chi connectivity index (χ0) is 13.5. The topological polar surface area (TPSA) is 90.8 Å². The van der Waals surface area contributed by atoms with Crippen molar-refractivity contribution in [2.24, 2.45) is 0 Å². The molecule has 1 atom stereocenters. The lowest BCUT2D eigenvalue weighted by Gasteiger charge is -2.13. The van der Waals surface area contributed by atoms with Crippen LogP contribution in [-0.2, 0) is 0 Å². The number of amides is 1. The molecule has 0 aromatic heterocycles. The summed E-state index contributed by atoms with van der Waals surface area (Å²) < 4.78 is 5.09. The van der Waals surface area contributed by atoms with Gasteiger partial charge in [-0.15, -0.1) is 0 Å². The van der Waals surface area contributed by atoms with Crippen molar-refractivity contribution in [1.82, 2.24) is 5.32 Å². The summed E-state index contributed by atoms with van der Waals surface area (Å²) >= 11 is 0. The van der Waals surface area contributed by atoms with E-state index >= 15 is 0 Å².